The van der Waals surface area contributed by atoms with Crippen LogP contribution in [0.15, 0.2) is 47.3 Å². The van der Waals surface area contributed by atoms with Crippen LogP contribution in [0.4, 0.5) is 4.39 Å². The lowest BCUT2D eigenvalue weighted by Gasteiger charge is -2.33. The molecule has 1 aromatic heterocycles. The number of H-pyrrole nitrogens is 1. The summed E-state index contributed by atoms with van der Waals surface area (Å²) in [6, 6.07) is 10.8. The summed E-state index contributed by atoms with van der Waals surface area (Å²) in [5.41, 5.74) is 0.359. The number of Topliss-reactive ketones (excluding diaryl/α,β-unsaturated/α-hetero) is 1. The largest absolute Gasteiger partial charge is 0.490 e. The summed E-state index contributed by atoms with van der Waals surface area (Å²) in [5, 5.41) is 7.64. The average molecular weight is 439 g/mol. The molecule has 4 rings (SSSR count). The van der Waals surface area contributed by atoms with Crippen molar-refractivity contribution in [1.29, 1.82) is 0 Å². The third-order valence-corrected chi connectivity index (χ3v) is 5.33. The molecule has 1 unspecified atom stereocenters. The fraction of sp³-hybridized carbons (Fsp3) is 0.304. The van der Waals surface area contributed by atoms with Crippen LogP contribution in [-0.4, -0.2) is 59.2 Å². The summed E-state index contributed by atoms with van der Waals surface area (Å²) in [5.74, 6) is -0.692. The molecule has 9 heteroatoms. The van der Waals surface area contributed by atoms with Crippen molar-refractivity contribution in [2.75, 3.05) is 26.3 Å². The van der Waals surface area contributed by atoms with E-state index in [4.69, 9.17) is 9.47 Å². The molecule has 8 nitrogen and oxygen atoms in total. The summed E-state index contributed by atoms with van der Waals surface area (Å²) in [6.45, 7) is 2.51. The van der Waals surface area contributed by atoms with Gasteiger partial charge in [0.15, 0.2) is 5.78 Å². The van der Waals surface area contributed by atoms with E-state index in [1.54, 1.807) is 29.2 Å². The number of carbonyl (C=O) groups excluding carboxylic acids is 2. The number of carbonyl (C=O) groups is 2. The summed E-state index contributed by atoms with van der Waals surface area (Å²) in [7, 11) is 0. The quantitative estimate of drug-likeness (QED) is 0.591. The average Bonchev–Trinajstić information content (AvgIpc) is 2.80. The van der Waals surface area contributed by atoms with Crippen LogP contribution in [-0.2, 0) is 16.0 Å². The molecule has 0 spiro atoms. The van der Waals surface area contributed by atoms with E-state index in [0.717, 1.165) is 6.07 Å². The van der Waals surface area contributed by atoms with Gasteiger partial charge in [-0.1, -0.05) is 18.2 Å². The molecule has 1 amide bonds. The van der Waals surface area contributed by atoms with Crippen molar-refractivity contribution in [1.82, 2.24) is 15.1 Å². The lowest BCUT2D eigenvalue weighted by Crippen LogP contribution is -2.48. The van der Waals surface area contributed by atoms with Crippen LogP contribution >= 0.6 is 0 Å². The van der Waals surface area contributed by atoms with E-state index in [1.807, 2.05) is 0 Å². The second kappa shape index (κ2) is 9.27. The Balaban J connectivity index is 1.41. The van der Waals surface area contributed by atoms with Gasteiger partial charge in [0.1, 0.15) is 24.3 Å². The van der Waals surface area contributed by atoms with Gasteiger partial charge in [-0.15, -0.1) is 0 Å². The summed E-state index contributed by atoms with van der Waals surface area (Å²) >= 11 is 0. The van der Waals surface area contributed by atoms with Crippen molar-refractivity contribution in [3.63, 3.8) is 0 Å². The van der Waals surface area contributed by atoms with Gasteiger partial charge in [0.05, 0.1) is 36.2 Å². The highest BCUT2D eigenvalue weighted by atomic mass is 19.1. The van der Waals surface area contributed by atoms with Crippen LogP contribution in [0.2, 0.25) is 0 Å². The third kappa shape index (κ3) is 4.67. The Kier molecular flexibility index (Phi) is 6.27. The molecule has 1 atom stereocenters. The molecule has 0 bridgehead atoms. The molecular formula is C23H22FN3O5. The van der Waals surface area contributed by atoms with Crippen molar-refractivity contribution in [3.05, 3.63) is 69.9 Å². The zero-order chi connectivity index (χ0) is 22.7. The number of nitrogens with zero attached hydrogens (tertiary/aromatic N) is 2. The Labute approximate surface area is 182 Å². The van der Waals surface area contributed by atoms with Gasteiger partial charge in [0.25, 0.3) is 5.56 Å². The Hall–Kier alpha value is -3.59. The number of ether oxygens (including phenoxy) is 2. The first-order chi connectivity index (χ1) is 15.4. The predicted molar refractivity (Wildman–Crippen MR) is 114 cm³/mol. The molecule has 166 valence electrons. The Bertz CT molecular complexity index is 1230. The normalized spacial score (nSPS) is 16.2. The Morgan fingerprint density at radius 3 is 2.81 bits per heavy atom. The van der Waals surface area contributed by atoms with Gasteiger partial charge in [-0.25, -0.2) is 9.49 Å². The van der Waals surface area contributed by atoms with Crippen LogP contribution < -0.4 is 10.3 Å². The SMILES string of the molecule is CC(=O)c1cc(F)ccc1OCC1CN(C(=O)Cc2n[nH]c(=O)c3ccccc23)CCO1. The number of aromatic nitrogens is 2. The van der Waals surface area contributed by atoms with E-state index in [0.29, 0.717) is 36.2 Å². The maximum Gasteiger partial charge on any atom is 0.272 e. The van der Waals surface area contributed by atoms with Crippen LogP contribution in [0, 0.1) is 5.82 Å². The topological polar surface area (TPSA) is 102 Å². The molecular weight excluding hydrogens is 417 g/mol. The number of aromatic amines is 1. The second-order valence-electron chi connectivity index (χ2n) is 7.56. The summed E-state index contributed by atoms with van der Waals surface area (Å²) in [6.07, 6.45) is -0.366. The predicted octanol–water partition coefficient (Wildman–Crippen LogP) is 2.11. The van der Waals surface area contributed by atoms with Gasteiger partial charge in [-0.2, -0.15) is 5.10 Å². The first kappa shape index (κ1) is 21.6. The van der Waals surface area contributed by atoms with Crippen molar-refractivity contribution in [2.45, 2.75) is 19.4 Å². The number of rotatable bonds is 6. The maximum absolute atomic E-state index is 13.4. The minimum atomic E-state index is -0.517. The van der Waals surface area contributed by atoms with E-state index in [1.165, 1.54) is 19.1 Å². The van der Waals surface area contributed by atoms with E-state index >= 15 is 0 Å². The highest BCUT2D eigenvalue weighted by Crippen LogP contribution is 2.21. The fourth-order valence-corrected chi connectivity index (χ4v) is 3.69. The number of benzene rings is 2. The number of nitrogens with one attached hydrogen (secondary N) is 1. The zero-order valence-corrected chi connectivity index (χ0v) is 17.5. The van der Waals surface area contributed by atoms with Gasteiger partial charge in [-0.3, -0.25) is 14.4 Å². The van der Waals surface area contributed by atoms with E-state index in [9.17, 15) is 18.8 Å². The summed E-state index contributed by atoms with van der Waals surface area (Å²) in [4.78, 5) is 38.3. The van der Waals surface area contributed by atoms with Gasteiger partial charge < -0.3 is 14.4 Å². The van der Waals surface area contributed by atoms with Gasteiger partial charge in [0, 0.05) is 11.9 Å². The maximum atomic E-state index is 13.4. The zero-order valence-electron chi connectivity index (χ0n) is 17.5. The molecule has 2 aromatic carbocycles. The molecule has 1 fully saturated rings. The fourth-order valence-electron chi connectivity index (χ4n) is 3.69. The van der Waals surface area contributed by atoms with Crippen molar-refractivity contribution < 1.29 is 23.5 Å². The molecule has 0 radical (unpaired) electrons. The van der Waals surface area contributed by atoms with Gasteiger partial charge in [0.2, 0.25) is 5.91 Å². The highest BCUT2D eigenvalue weighted by Gasteiger charge is 2.26. The molecule has 1 aliphatic rings. The van der Waals surface area contributed by atoms with Crippen LogP contribution in [0.5, 0.6) is 5.75 Å². The number of amides is 1. The molecule has 2 heterocycles. The first-order valence-corrected chi connectivity index (χ1v) is 10.2. The molecule has 1 N–H and O–H groups in total. The van der Waals surface area contributed by atoms with Crippen molar-refractivity contribution in [3.8, 4) is 5.75 Å². The number of halogens is 1. The molecule has 0 saturated carbocycles. The van der Waals surface area contributed by atoms with Crippen molar-refractivity contribution in [2.24, 2.45) is 0 Å². The molecule has 3 aromatic rings. The molecule has 0 aliphatic carbocycles. The third-order valence-electron chi connectivity index (χ3n) is 5.33. The number of ketones is 1. The standard InChI is InChI=1S/C23H22FN3O5/c1-14(28)19-10-15(24)6-7-21(19)32-13-16-12-27(8-9-31-16)22(29)11-20-17-4-2-3-5-18(17)23(30)26-25-20/h2-7,10,16H,8-9,11-13H2,1H3,(H,26,30). The van der Waals surface area contributed by atoms with Crippen molar-refractivity contribution >= 4 is 22.5 Å². The van der Waals surface area contributed by atoms with Crippen LogP contribution in [0.25, 0.3) is 10.8 Å². The minimum Gasteiger partial charge on any atom is -0.490 e. The van der Waals surface area contributed by atoms with Crippen LogP contribution in [0.1, 0.15) is 23.0 Å². The van der Waals surface area contributed by atoms with Gasteiger partial charge >= 0.3 is 0 Å². The van der Waals surface area contributed by atoms with E-state index in [-0.39, 0.29) is 41.6 Å². The number of morpholine rings is 1. The number of hydrogen-bond donors (Lipinski definition) is 1. The van der Waals surface area contributed by atoms with Gasteiger partial charge in [-0.05, 0) is 31.2 Å². The Morgan fingerprint density at radius 1 is 1.25 bits per heavy atom. The summed E-state index contributed by atoms with van der Waals surface area (Å²) < 4.78 is 24.8. The second-order valence-corrected chi connectivity index (χ2v) is 7.56. The Morgan fingerprint density at radius 2 is 2.03 bits per heavy atom. The highest BCUT2D eigenvalue weighted by molar-refractivity contribution is 5.96. The number of hydrogen-bond acceptors (Lipinski definition) is 6. The monoisotopic (exact) mass is 439 g/mol. The molecule has 1 saturated heterocycles. The lowest BCUT2D eigenvalue weighted by molar-refractivity contribution is -0.139. The first-order valence-electron chi connectivity index (χ1n) is 10.2. The molecule has 1 aliphatic heterocycles. The lowest BCUT2D eigenvalue weighted by atomic mass is 10.1. The van der Waals surface area contributed by atoms with Crippen LogP contribution in [0.3, 0.4) is 0 Å². The molecule has 32 heavy (non-hydrogen) atoms. The van der Waals surface area contributed by atoms with E-state index < -0.39 is 11.9 Å². The smallest absolute Gasteiger partial charge is 0.272 e. The van der Waals surface area contributed by atoms with E-state index in [2.05, 4.69) is 10.2 Å². The number of fused-ring (bicyclic) bond motifs is 1. The minimum absolute atomic E-state index is 0.0390.